The Bertz CT molecular complexity index is 1040. The number of ether oxygens (including phenoxy) is 2. The van der Waals surface area contributed by atoms with Crippen LogP contribution >= 0.6 is 0 Å². The molecule has 0 radical (unpaired) electrons. The number of amides is 2. The van der Waals surface area contributed by atoms with Gasteiger partial charge in [0, 0.05) is 31.3 Å². The molecule has 4 aliphatic carbocycles. The molecule has 1 atom stereocenters. The number of alkyl carbamates (subject to hydrolysis) is 1. The van der Waals surface area contributed by atoms with Gasteiger partial charge in [0.2, 0.25) is 5.91 Å². The third kappa shape index (κ3) is 7.42. The molecule has 212 valence electrons. The van der Waals surface area contributed by atoms with Crippen molar-refractivity contribution in [3.8, 4) is 5.75 Å². The quantitative estimate of drug-likeness (QED) is 0.316. The van der Waals surface area contributed by atoms with Crippen LogP contribution in [0, 0.1) is 23.2 Å². The first kappa shape index (κ1) is 27.3. The van der Waals surface area contributed by atoms with Gasteiger partial charge < -0.3 is 25.2 Å². The van der Waals surface area contributed by atoms with Gasteiger partial charge in [0.25, 0.3) is 0 Å². The number of nitrogens with zero attached hydrogens (tertiary/aromatic N) is 1. The van der Waals surface area contributed by atoms with Gasteiger partial charge in [-0.3, -0.25) is 15.1 Å². The molecule has 1 aromatic carbocycles. The van der Waals surface area contributed by atoms with Gasteiger partial charge in [-0.25, -0.2) is 9.59 Å². The SMILES string of the molecule is O=C(CCCOc1ccc(CC(NC(=O)OCC23CC4CC(CC(C4)C2)C3)C(=O)O)cc1)NC1=NCCCN1. The van der Waals surface area contributed by atoms with Crippen molar-refractivity contribution in [1.82, 2.24) is 16.0 Å². The number of aliphatic imine (C=N–C) groups is 1. The number of carbonyl (C=O) groups is 3. The maximum atomic E-state index is 12.5. The second kappa shape index (κ2) is 12.3. The molecule has 0 spiro atoms. The Hall–Kier alpha value is -3.30. The summed E-state index contributed by atoms with van der Waals surface area (Å²) >= 11 is 0. The highest BCUT2D eigenvalue weighted by atomic mass is 16.5. The number of carboxylic acids is 1. The van der Waals surface area contributed by atoms with E-state index in [1.165, 1.54) is 19.3 Å². The number of hydrogen-bond donors (Lipinski definition) is 4. The first-order valence-corrected chi connectivity index (χ1v) is 14.3. The highest BCUT2D eigenvalue weighted by molar-refractivity contribution is 5.97. The second-order valence-corrected chi connectivity index (χ2v) is 11.9. The lowest BCUT2D eigenvalue weighted by Gasteiger charge is -2.56. The number of hydrogen-bond acceptors (Lipinski definition) is 7. The number of benzene rings is 1. The number of nitrogens with one attached hydrogen (secondary N) is 3. The van der Waals surface area contributed by atoms with E-state index in [4.69, 9.17) is 9.47 Å². The third-order valence-corrected chi connectivity index (χ3v) is 8.60. The minimum Gasteiger partial charge on any atom is -0.494 e. The van der Waals surface area contributed by atoms with Crippen molar-refractivity contribution >= 4 is 23.9 Å². The van der Waals surface area contributed by atoms with Crippen LogP contribution in [0.2, 0.25) is 0 Å². The molecule has 1 aromatic rings. The van der Waals surface area contributed by atoms with E-state index in [9.17, 15) is 19.5 Å². The maximum absolute atomic E-state index is 12.5. The van der Waals surface area contributed by atoms with Gasteiger partial charge in [0.05, 0.1) is 13.2 Å². The summed E-state index contributed by atoms with van der Waals surface area (Å²) in [5.74, 6) is 2.25. The lowest BCUT2D eigenvalue weighted by atomic mass is 9.50. The molecule has 6 rings (SSSR count). The Kier molecular flexibility index (Phi) is 8.57. The van der Waals surface area contributed by atoms with Crippen LogP contribution in [0.1, 0.15) is 63.4 Å². The molecule has 4 bridgehead atoms. The Morgan fingerprint density at radius 1 is 1.08 bits per heavy atom. The Labute approximate surface area is 229 Å². The number of guanidine groups is 1. The van der Waals surface area contributed by atoms with Crippen molar-refractivity contribution in [2.75, 3.05) is 26.3 Å². The normalized spacial score (nSPS) is 27.6. The summed E-state index contributed by atoms with van der Waals surface area (Å²) in [7, 11) is 0. The van der Waals surface area contributed by atoms with Gasteiger partial charge in [-0.2, -0.15) is 0 Å². The standard InChI is InChI=1S/C29H40N4O6/c34-25(33-27-30-8-2-9-31-27)3-1-10-38-23-6-4-19(5-7-23)14-24(26(35)36)32-28(37)39-18-29-15-20-11-21(16-29)13-22(12-20)17-29/h4-7,20-22,24H,1-3,8-18H2,(H,32,37)(H,35,36)(H2,30,31,33,34). The molecule has 1 unspecified atom stereocenters. The first-order valence-electron chi connectivity index (χ1n) is 14.3. The topological polar surface area (TPSA) is 138 Å². The second-order valence-electron chi connectivity index (χ2n) is 11.9. The molecule has 5 aliphatic rings. The Morgan fingerprint density at radius 2 is 1.77 bits per heavy atom. The summed E-state index contributed by atoms with van der Waals surface area (Å²) in [6, 6.07) is 6.02. The molecule has 0 aromatic heterocycles. The first-order chi connectivity index (χ1) is 18.9. The van der Waals surface area contributed by atoms with E-state index in [-0.39, 0.29) is 17.7 Å². The van der Waals surface area contributed by atoms with Crippen molar-refractivity contribution in [2.45, 2.75) is 70.3 Å². The van der Waals surface area contributed by atoms with Crippen molar-refractivity contribution in [3.63, 3.8) is 0 Å². The fourth-order valence-electron chi connectivity index (χ4n) is 7.26. The van der Waals surface area contributed by atoms with Crippen molar-refractivity contribution < 1.29 is 29.0 Å². The lowest BCUT2D eigenvalue weighted by Crippen LogP contribution is -2.49. The van der Waals surface area contributed by atoms with Gasteiger partial charge in [0.1, 0.15) is 11.8 Å². The van der Waals surface area contributed by atoms with Crippen LogP contribution in [-0.4, -0.2) is 61.4 Å². The zero-order valence-electron chi connectivity index (χ0n) is 22.5. The van der Waals surface area contributed by atoms with Crippen LogP contribution in [0.4, 0.5) is 4.79 Å². The molecule has 1 aliphatic heterocycles. The van der Waals surface area contributed by atoms with E-state index < -0.39 is 18.1 Å². The summed E-state index contributed by atoms with van der Waals surface area (Å²) in [4.78, 5) is 40.6. The zero-order chi connectivity index (χ0) is 27.2. The van der Waals surface area contributed by atoms with E-state index in [1.807, 2.05) is 0 Å². The van der Waals surface area contributed by atoms with Gasteiger partial charge in [-0.1, -0.05) is 12.1 Å². The van der Waals surface area contributed by atoms with Crippen LogP contribution in [0.3, 0.4) is 0 Å². The fraction of sp³-hybridized carbons (Fsp3) is 0.655. The molecule has 4 saturated carbocycles. The van der Waals surface area contributed by atoms with E-state index >= 15 is 0 Å². The summed E-state index contributed by atoms with van der Waals surface area (Å²) in [6.45, 7) is 2.29. The molecular weight excluding hydrogens is 500 g/mol. The number of carbonyl (C=O) groups excluding carboxylic acids is 2. The average molecular weight is 541 g/mol. The smallest absolute Gasteiger partial charge is 0.407 e. The van der Waals surface area contributed by atoms with Crippen LogP contribution in [0.15, 0.2) is 29.3 Å². The predicted octanol–water partition coefficient (Wildman–Crippen LogP) is 3.25. The van der Waals surface area contributed by atoms with E-state index in [0.29, 0.717) is 37.8 Å². The highest BCUT2D eigenvalue weighted by Gasteiger charge is 2.51. The summed E-state index contributed by atoms with van der Waals surface area (Å²) < 4.78 is 11.3. The van der Waals surface area contributed by atoms with Gasteiger partial charge in [0.15, 0.2) is 5.96 Å². The Balaban J connectivity index is 1.02. The number of aliphatic carboxylic acids is 1. The summed E-state index contributed by atoms with van der Waals surface area (Å²) in [5, 5.41) is 18.1. The molecule has 4 N–H and O–H groups in total. The van der Waals surface area contributed by atoms with Crippen LogP contribution in [0.25, 0.3) is 0 Å². The number of carboxylic acid groups (broad SMARTS) is 1. The average Bonchev–Trinajstić information content (AvgIpc) is 2.90. The van der Waals surface area contributed by atoms with Crippen LogP contribution in [-0.2, 0) is 20.7 Å². The lowest BCUT2D eigenvalue weighted by molar-refractivity contribution is -0.139. The molecule has 4 fully saturated rings. The molecule has 0 saturated heterocycles. The molecule has 39 heavy (non-hydrogen) atoms. The summed E-state index contributed by atoms with van der Waals surface area (Å²) in [5.41, 5.74) is 0.850. The van der Waals surface area contributed by atoms with Gasteiger partial charge in [-0.15, -0.1) is 0 Å². The van der Waals surface area contributed by atoms with Gasteiger partial charge >= 0.3 is 12.1 Å². The van der Waals surface area contributed by atoms with Gasteiger partial charge in [-0.05, 0) is 86.8 Å². The Morgan fingerprint density at radius 3 is 2.38 bits per heavy atom. The molecule has 10 nitrogen and oxygen atoms in total. The number of rotatable bonds is 11. The fourth-order valence-corrected chi connectivity index (χ4v) is 7.26. The summed E-state index contributed by atoms with van der Waals surface area (Å²) in [6.07, 6.45) is 8.67. The van der Waals surface area contributed by atoms with E-state index in [0.717, 1.165) is 62.1 Å². The van der Waals surface area contributed by atoms with E-state index in [1.54, 1.807) is 24.3 Å². The predicted molar refractivity (Wildman–Crippen MR) is 144 cm³/mol. The van der Waals surface area contributed by atoms with Crippen molar-refractivity contribution in [2.24, 2.45) is 28.2 Å². The van der Waals surface area contributed by atoms with Crippen LogP contribution in [0.5, 0.6) is 5.75 Å². The largest absolute Gasteiger partial charge is 0.494 e. The minimum absolute atomic E-state index is 0.0891. The van der Waals surface area contributed by atoms with Crippen molar-refractivity contribution in [1.29, 1.82) is 0 Å². The minimum atomic E-state index is -1.10. The molecule has 1 heterocycles. The van der Waals surface area contributed by atoms with E-state index in [2.05, 4.69) is 20.9 Å². The molecule has 10 heteroatoms. The highest BCUT2D eigenvalue weighted by Crippen LogP contribution is 2.60. The molecule has 2 amide bonds. The monoisotopic (exact) mass is 540 g/mol. The molecular formula is C29H40N4O6. The third-order valence-electron chi connectivity index (χ3n) is 8.60. The zero-order valence-corrected chi connectivity index (χ0v) is 22.5. The van der Waals surface area contributed by atoms with Crippen LogP contribution < -0.4 is 20.7 Å². The van der Waals surface area contributed by atoms with Crippen molar-refractivity contribution in [3.05, 3.63) is 29.8 Å². The maximum Gasteiger partial charge on any atom is 0.407 e.